The van der Waals surface area contributed by atoms with Crippen molar-refractivity contribution in [3.8, 4) is 0 Å². The number of hydrogen-bond acceptors (Lipinski definition) is 6. The molecule has 0 aromatic carbocycles. The second-order valence-electron chi connectivity index (χ2n) is 2.63. The minimum Gasteiger partial charge on any atom is -0.394 e. The lowest BCUT2D eigenvalue weighted by atomic mass is 10.5. The fraction of sp³-hybridized carbons (Fsp3) is 1.00. The zero-order valence-electron chi connectivity index (χ0n) is 7.50. The Bertz CT molecular complexity index is 221. The molecule has 2 atom stereocenters. The molecule has 0 aromatic rings. The molecule has 1 rings (SSSR count). The largest absolute Gasteiger partial charge is 0.400 e. The Labute approximate surface area is 77.4 Å². The maximum Gasteiger partial charge on any atom is 0.400 e. The van der Waals surface area contributed by atoms with Crippen LogP contribution in [0, 0.1) is 0 Å². The fourth-order valence-corrected chi connectivity index (χ4v) is 1.31. The van der Waals surface area contributed by atoms with E-state index < -0.39 is 16.5 Å². The van der Waals surface area contributed by atoms with Gasteiger partial charge < -0.3 is 10.2 Å². The first-order valence-electron chi connectivity index (χ1n) is 3.74. The topological polar surface area (TPSA) is 93.1 Å². The van der Waals surface area contributed by atoms with Crippen LogP contribution in [-0.4, -0.2) is 44.1 Å². The molecule has 0 aliphatic carbocycles. The van der Waals surface area contributed by atoms with Crippen LogP contribution < -0.4 is 0 Å². The average molecular weight is 214 g/mol. The van der Waals surface area contributed by atoms with Crippen LogP contribution in [0.25, 0.3) is 0 Å². The molecule has 13 heavy (non-hydrogen) atoms. The standard InChI is InChI=1S/C3H6O4S.C3H8O2/c1-3-2-6-8(4,5)7-3;1-3(5)2-4/h3H,2H2,1H3;3-5H,2H2,1H3/t2*3-/m00/s1. The second kappa shape index (κ2) is 5.51. The summed E-state index contributed by atoms with van der Waals surface area (Å²) in [5.41, 5.74) is 0. The predicted molar refractivity (Wildman–Crippen MR) is 44.2 cm³/mol. The monoisotopic (exact) mass is 214 g/mol. The van der Waals surface area contributed by atoms with Gasteiger partial charge in [-0.2, -0.15) is 8.42 Å². The van der Waals surface area contributed by atoms with Crippen molar-refractivity contribution in [3.63, 3.8) is 0 Å². The minimum absolute atomic E-state index is 0.139. The molecule has 1 saturated heterocycles. The lowest BCUT2D eigenvalue weighted by Crippen LogP contribution is -2.03. The van der Waals surface area contributed by atoms with E-state index in [-0.39, 0.29) is 19.3 Å². The van der Waals surface area contributed by atoms with Crippen molar-refractivity contribution in [2.75, 3.05) is 13.2 Å². The van der Waals surface area contributed by atoms with Crippen LogP contribution in [0.15, 0.2) is 0 Å². The molecule has 0 amide bonds. The van der Waals surface area contributed by atoms with Gasteiger partial charge in [0.2, 0.25) is 0 Å². The summed E-state index contributed by atoms with van der Waals surface area (Å²) in [4.78, 5) is 0. The summed E-state index contributed by atoms with van der Waals surface area (Å²) in [6.45, 7) is 3.16. The van der Waals surface area contributed by atoms with E-state index in [4.69, 9.17) is 10.2 Å². The summed E-state index contributed by atoms with van der Waals surface area (Å²) < 4.78 is 28.9. The SMILES string of the molecule is C[C@H](O)CO.C[C@H]1COS(=O)(=O)O1. The Morgan fingerprint density at radius 2 is 2.08 bits per heavy atom. The number of aliphatic hydroxyl groups is 2. The highest BCUT2D eigenvalue weighted by Crippen LogP contribution is 2.10. The molecular weight excluding hydrogens is 200 g/mol. The molecule has 1 heterocycles. The van der Waals surface area contributed by atoms with E-state index in [0.717, 1.165) is 0 Å². The van der Waals surface area contributed by atoms with Crippen LogP contribution in [0.4, 0.5) is 0 Å². The summed E-state index contributed by atoms with van der Waals surface area (Å²) in [5, 5.41) is 16.0. The normalized spacial score (nSPS) is 27.5. The van der Waals surface area contributed by atoms with Crippen LogP contribution in [0.3, 0.4) is 0 Å². The van der Waals surface area contributed by atoms with Crippen LogP contribution in [0.2, 0.25) is 0 Å². The Hall–Kier alpha value is -0.210. The molecule has 7 heteroatoms. The highest BCUT2D eigenvalue weighted by atomic mass is 32.3. The maximum atomic E-state index is 10.2. The number of hydrogen-bond donors (Lipinski definition) is 2. The molecule has 1 aliphatic heterocycles. The Morgan fingerprint density at radius 3 is 2.15 bits per heavy atom. The van der Waals surface area contributed by atoms with E-state index >= 15 is 0 Å². The predicted octanol–water partition coefficient (Wildman–Crippen LogP) is -0.974. The van der Waals surface area contributed by atoms with Gasteiger partial charge in [0, 0.05) is 0 Å². The first kappa shape index (κ1) is 12.8. The summed E-state index contributed by atoms with van der Waals surface area (Å²) in [6.07, 6.45) is -0.880. The molecule has 0 aromatic heterocycles. The van der Waals surface area contributed by atoms with Gasteiger partial charge in [-0.3, -0.25) is 0 Å². The van der Waals surface area contributed by atoms with Gasteiger partial charge in [0.15, 0.2) is 0 Å². The van der Waals surface area contributed by atoms with Gasteiger partial charge in [-0.05, 0) is 13.8 Å². The maximum absolute atomic E-state index is 10.2. The van der Waals surface area contributed by atoms with E-state index in [9.17, 15) is 8.42 Å². The third-order valence-electron chi connectivity index (χ3n) is 0.993. The average Bonchev–Trinajstić information content (AvgIpc) is 2.30. The zero-order valence-corrected chi connectivity index (χ0v) is 8.32. The first-order valence-corrected chi connectivity index (χ1v) is 5.07. The van der Waals surface area contributed by atoms with Crippen LogP contribution in [0.1, 0.15) is 13.8 Å². The Kier molecular flexibility index (Phi) is 5.42. The van der Waals surface area contributed by atoms with Gasteiger partial charge in [0.1, 0.15) is 6.10 Å². The molecule has 0 unspecified atom stereocenters. The molecule has 1 aliphatic rings. The number of rotatable bonds is 1. The van der Waals surface area contributed by atoms with Gasteiger partial charge in [0.05, 0.1) is 19.3 Å². The van der Waals surface area contributed by atoms with E-state index in [1.807, 2.05) is 0 Å². The molecule has 1 fully saturated rings. The molecule has 0 saturated carbocycles. The summed E-state index contributed by atoms with van der Waals surface area (Å²) in [7, 11) is -3.60. The molecule has 6 nitrogen and oxygen atoms in total. The van der Waals surface area contributed by atoms with Gasteiger partial charge >= 0.3 is 10.4 Å². The fourth-order valence-electron chi connectivity index (χ4n) is 0.436. The Balaban J connectivity index is 0.000000252. The third kappa shape index (κ3) is 6.91. The summed E-state index contributed by atoms with van der Waals surface area (Å²) in [6, 6.07) is 0. The van der Waals surface area contributed by atoms with Crippen molar-refractivity contribution >= 4 is 10.4 Å². The lowest BCUT2D eigenvalue weighted by Gasteiger charge is -1.90. The van der Waals surface area contributed by atoms with Crippen molar-refractivity contribution < 1.29 is 27.0 Å². The smallest absolute Gasteiger partial charge is 0.394 e. The number of aliphatic hydroxyl groups excluding tert-OH is 2. The first-order chi connectivity index (χ1) is 5.87. The highest BCUT2D eigenvalue weighted by Gasteiger charge is 2.25. The van der Waals surface area contributed by atoms with Gasteiger partial charge in [0.25, 0.3) is 0 Å². The summed E-state index contributed by atoms with van der Waals surface area (Å²) >= 11 is 0. The van der Waals surface area contributed by atoms with Gasteiger partial charge in [-0.15, -0.1) is 0 Å². The van der Waals surface area contributed by atoms with Crippen molar-refractivity contribution in [1.82, 2.24) is 0 Å². The minimum atomic E-state index is -3.60. The summed E-state index contributed by atoms with van der Waals surface area (Å²) in [5.74, 6) is 0. The van der Waals surface area contributed by atoms with Crippen molar-refractivity contribution in [2.45, 2.75) is 26.1 Å². The van der Waals surface area contributed by atoms with Gasteiger partial charge in [-0.1, -0.05) is 0 Å². The van der Waals surface area contributed by atoms with E-state index in [1.54, 1.807) is 6.92 Å². The quantitative estimate of drug-likeness (QED) is 0.583. The van der Waals surface area contributed by atoms with Crippen molar-refractivity contribution in [2.24, 2.45) is 0 Å². The molecule has 2 N–H and O–H groups in total. The van der Waals surface area contributed by atoms with Crippen molar-refractivity contribution in [1.29, 1.82) is 0 Å². The molecular formula is C6H14O6S. The lowest BCUT2D eigenvalue weighted by molar-refractivity contribution is 0.110. The van der Waals surface area contributed by atoms with Crippen LogP contribution >= 0.6 is 0 Å². The van der Waals surface area contributed by atoms with Gasteiger partial charge in [-0.25, -0.2) is 8.37 Å². The Morgan fingerprint density at radius 1 is 1.62 bits per heavy atom. The van der Waals surface area contributed by atoms with Crippen LogP contribution in [0.5, 0.6) is 0 Å². The van der Waals surface area contributed by atoms with Crippen molar-refractivity contribution in [3.05, 3.63) is 0 Å². The highest BCUT2D eigenvalue weighted by molar-refractivity contribution is 7.82. The zero-order chi connectivity index (χ0) is 10.5. The van der Waals surface area contributed by atoms with E-state index in [0.29, 0.717) is 0 Å². The molecule has 0 spiro atoms. The molecule has 0 radical (unpaired) electrons. The third-order valence-corrected chi connectivity index (χ3v) is 1.98. The molecule has 0 bridgehead atoms. The molecule has 80 valence electrons. The van der Waals surface area contributed by atoms with E-state index in [2.05, 4.69) is 8.37 Å². The second-order valence-corrected chi connectivity index (χ2v) is 3.88. The van der Waals surface area contributed by atoms with Crippen LogP contribution in [-0.2, 0) is 18.8 Å². The van der Waals surface area contributed by atoms with E-state index in [1.165, 1.54) is 6.92 Å².